The molecule has 1 aromatic rings. The molecule has 1 saturated heterocycles. The van der Waals surface area contributed by atoms with E-state index < -0.39 is 10.0 Å². The molecule has 1 atom stereocenters. The number of nitrogens with zero attached hydrogens (tertiary/aromatic N) is 1. The molecule has 3 rings (SSSR count). The van der Waals surface area contributed by atoms with Gasteiger partial charge in [0.15, 0.2) is 0 Å². The highest BCUT2D eigenvalue weighted by Crippen LogP contribution is 2.31. The number of rotatable bonds is 6. The van der Waals surface area contributed by atoms with Crippen LogP contribution in [0, 0.1) is 5.92 Å². The number of hydrogen-bond acceptors (Lipinski definition) is 4. The molecular weight excluding hydrogens is 324 g/mol. The van der Waals surface area contributed by atoms with Crippen LogP contribution in [0.25, 0.3) is 0 Å². The van der Waals surface area contributed by atoms with E-state index in [0.717, 1.165) is 25.6 Å². The largest absolute Gasteiger partial charge is 0.495 e. The van der Waals surface area contributed by atoms with Gasteiger partial charge in [0.05, 0.1) is 17.0 Å². The predicted molar refractivity (Wildman–Crippen MR) is 85.9 cm³/mol. The number of nitrogens with one attached hydrogen (secondary N) is 1. The fourth-order valence-electron chi connectivity index (χ4n) is 2.93. The van der Waals surface area contributed by atoms with Gasteiger partial charge in [0, 0.05) is 19.1 Å². The van der Waals surface area contributed by atoms with Crippen molar-refractivity contribution in [3.05, 3.63) is 23.2 Å². The van der Waals surface area contributed by atoms with Crippen LogP contribution in [0.1, 0.15) is 19.3 Å². The Kier molecular flexibility index (Phi) is 4.64. The minimum Gasteiger partial charge on any atom is -0.495 e. The van der Waals surface area contributed by atoms with Gasteiger partial charge in [-0.15, -0.1) is 0 Å². The van der Waals surface area contributed by atoms with Gasteiger partial charge in [-0.2, -0.15) is 0 Å². The van der Waals surface area contributed by atoms with Crippen LogP contribution in [0.4, 0.5) is 0 Å². The molecule has 2 fully saturated rings. The van der Waals surface area contributed by atoms with Crippen LogP contribution in [0.5, 0.6) is 5.75 Å². The first-order chi connectivity index (χ1) is 10.5. The highest BCUT2D eigenvalue weighted by atomic mass is 35.5. The van der Waals surface area contributed by atoms with Crippen LogP contribution in [-0.2, 0) is 10.0 Å². The summed E-state index contributed by atoms with van der Waals surface area (Å²) in [5.74, 6) is 0.862. The number of likely N-dealkylation sites (tertiary alicyclic amines) is 1. The second-order valence-electron chi connectivity index (χ2n) is 6.03. The molecule has 0 radical (unpaired) electrons. The van der Waals surface area contributed by atoms with Crippen LogP contribution >= 0.6 is 11.6 Å². The van der Waals surface area contributed by atoms with Gasteiger partial charge >= 0.3 is 0 Å². The third-order valence-corrected chi connectivity index (χ3v) is 6.09. The van der Waals surface area contributed by atoms with E-state index in [-0.39, 0.29) is 4.90 Å². The molecule has 2 aliphatic rings. The summed E-state index contributed by atoms with van der Waals surface area (Å²) in [5, 5.41) is 0.297. The second kappa shape index (κ2) is 6.35. The number of halogens is 1. The van der Waals surface area contributed by atoms with Gasteiger partial charge in [-0.1, -0.05) is 11.6 Å². The first-order valence-electron chi connectivity index (χ1n) is 7.57. The molecule has 1 aromatic carbocycles. The van der Waals surface area contributed by atoms with E-state index >= 15 is 0 Å². The summed E-state index contributed by atoms with van der Waals surface area (Å²) in [4.78, 5) is 2.65. The molecule has 5 nitrogen and oxygen atoms in total. The summed E-state index contributed by atoms with van der Waals surface area (Å²) in [6, 6.07) is 5.26. The van der Waals surface area contributed by atoms with Crippen molar-refractivity contribution >= 4 is 21.6 Å². The van der Waals surface area contributed by atoms with Crippen molar-refractivity contribution in [1.82, 2.24) is 9.62 Å². The molecule has 1 aliphatic carbocycles. The Balaban J connectivity index is 1.60. The van der Waals surface area contributed by atoms with E-state index in [1.54, 1.807) is 6.07 Å². The average Bonchev–Trinajstić information content (AvgIpc) is 3.24. The minimum atomic E-state index is -3.53. The summed E-state index contributed by atoms with van der Waals surface area (Å²) in [5.41, 5.74) is 0. The molecule has 0 spiro atoms. The van der Waals surface area contributed by atoms with Gasteiger partial charge in [0.1, 0.15) is 5.75 Å². The maximum atomic E-state index is 12.3. The smallest absolute Gasteiger partial charge is 0.240 e. The van der Waals surface area contributed by atoms with Crippen molar-refractivity contribution in [2.24, 2.45) is 5.92 Å². The Bertz CT molecular complexity index is 646. The molecule has 0 aromatic heterocycles. The molecule has 1 saturated carbocycles. The zero-order valence-electron chi connectivity index (χ0n) is 12.6. The molecule has 7 heteroatoms. The molecule has 1 heterocycles. The van der Waals surface area contributed by atoms with Crippen molar-refractivity contribution in [1.29, 1.82) is 0 Å². The zero-order valence-corrected chi connectivity index (χ0v) is 14.2. The lowest BCUT2D eigenvalue weighted by Gasteiger charge is -2.15. The summed E-state index contributed by atoms with van der Waals surface area (Å²) in [6.07, 6.45) is 3.65. The fraction of sp³-hybridized carbons (Fsp3) is 0.600. The van der Waals surface area contributed by atoms with Gasteiger partial charge in [-0.25, -0.2) is 13.1 Å². The van der Waals surface area contributed by atoms with Crippen LogP contribution in [0.15, 0.2) is 23.1 Å². The van der Waals surface area contributed by atoms with Crippen LogP contribution in [0.2, 0.25) is 5.02 Å². The van der Waals surface area contributed by atoms with Crippen molar-refractivity contribution in [2.75, 3.05) is 26.7 Å². The topological polar surface area (TPSA) is 58.6 Å². The quantitative estimate of drug-likeness (QED) is 0.858. The molecule has 0 bridgehead atoms. The van der Waals surface area contributed by atoms with Gasteiger partial charge < -0.3 is 9.64 Å². The van der Waals surface area contributed by atoms with Gasteiger partial charge in [-0.3, -0.25) is 0 Å². The Hall–Kier alpha value is -0.820. The molecule has 1 N–H and O–H groups in total. The summed E-state index contributed by atoms with van der Waals surface area (Å²) < 4.78 is 32.4. The minimum absolute atomic E-state index is 0.176. The number of sulfonamides is 1. The molecule has 0 amide bonds. The van der Waals surface area contributed by atoms with E-state index in [0.29, 0.717) is 23.2 Å². The third kappa shape index (κ3) is 3.56. The first kappa shape index (κ1) is 16.1. The lowest BCUT2D eigenvalue weighted by Crippen LogP contribution is -2.31. The molecule has 1 unspecified atom stereocenters. The third-order valence-electron chi connectivity index (χ3n) is 4.38. The average molecular weight is 345 g/mol. The highest BCUT2D eigenvalue weighted by Gasteiger charge is 2.34. The van der Waals surface area contributed by atoms with Gasteiger partial charge in [0.25, 0.3) is 0 Å². The Morgan fingerprint density at radius 3 is 2.77 bits per heavy atom. The van der Waals surface area contributed by atoms with E-state index in [2.05, 4.69) is 9.62 Å². The molecular formula is C15H21ClN2O3S. The SMILES string of the molecule is COc1ccc(S(=O)(=O)NCC2CCN(C3CC3)C2)cc1Cl. The summed E-state index contributed by atoms with van der Waals surface area (Å²) in [6.45, 7) is 2.57. The van der Waals surface area contributed by atoms with Crippen LogP contribution < -0.4 is 9.46 Å². The van der Waals surface area contributed by atoms with E-state index in [4.69, 9.17) is 16.3 Å². The standard InChI is InChI=1S/C15H21ClN2O3S/c1-21-15-5-4-13(8-14(15)16)22(19,20)17-9-11-6-7-18(10-11)12-2-3-12/h4-5,8,11-12,17H,2-3,6-7,9-10H2,1H3. The van der Waals surface area contributed by atoms with Crippen molar-refractivity contribution in [2.45, 2.75) is 30.2 Å². The predicted octanol–water partition coefficient (Wildman–Crippen LogP) is 2.11. The maximum Gasteiger partial charge on any atom is 0.240 e. The summed E-state index contributed by atoms with van der Waals surface area (Å²) >= 11 is 6.00. The Morgan fingerprint density at radius 1 is 1.36 bits per heavy atom. The van der Waals surface area contributed by atoms with Crippen LogP contribution in [0.3, 0.4) is 0 Å². The maximum absolute atomic E-state index is 12.3. The monoisotopic (exact) mass is 344 g/mol. The van der Waals surface area contributed by atoms with E-state index in [1.807, 2.05) is 0 Å². The summed E-state index contributed by atoms with van der Waals surface area (Å²) in [7, 11) is -2.03. The van der Waals surface area contributed by atoms with E-state index in [9.17, 15) is 8.42 Å². The molecule has 22 heavy (non-hydrogen) atoms. The lowest BCUT2D eigenvalue weighted by molar-refractivity contribution is 0.314. The fourth-order valence-corrected chi connectivity index (χ4v) is 4.39. The van der Waals surface area contributed by atoms with Crippen LogP contribution in [-0.4, -0.2) is 46.1 Å². The van der Waals surface area contributed by atoms with E-state index in [1.165, 1.54) is 32.1 Å². The number of benzene rings is 1. The van der Waals surface area contributed by atoms with Crippen molar-refractivity contribution in [3.63, 3.8) is 0 Å². The Labute approximate surface area is 136 Å². The lowest BCUT2D eigenvalue weighted by atomic mass is 10.1. The second-order valence-corrected chi connectivity index (χ2v) is 8.20. The van der Waals surface area contributed by atoms with Gasteiger partial charge in [0.2, 0.25) is 10.0 Å². The van der Waals surface area contributed by atoms with Gasteiger partial charge in [-0.05, 0) is 49.9 Å². The van der Waals surface area contributed by atoms with Crippen molar-refractivity contribution in [3.8, 4) is 5.75 Å². The first-order valence-corrected chi connectivity index (χ1v) is 9.43. The zero-order chi connectivity index (χ0) is 15.7. The number of methoxy groups -OCH3 is 1. The molecule has 1 aliphatic heterocycles. The normalized spacial score (nSPS) is 22.9. The Morgan fingerprint density at radius 2 is 2.14 bits per heavy atom. The number of ether oxygens (including phenoxy) is 1. The number of hydrogen-bond donors (Lipinski definition) is 1. The van der Waals surface area contributed by atoms with Crippen molar-refractivity contribution < 1.29 is 13.2 Å². The molecule has 122 valence electrons. The highest BCUT2D eigenvalue weighted by molar-refractivity contribution is 7.89.